The Morgan fingerprint density at radius 1 is 1.80 bits per heavy atom. The summed E-state index contributed by atoms with van der Waals surface area (Å²) in [5.41, 5.74) is 0.813. The minimum absolute atomic E-state index is 0.271. The fraction of sp³-hybridized carbons (Fsp3) is 0.625. The highest BCUT2D eigenvalue weighted by Crippen LogP contribution is 2.25. The first-order chi connectivity index (χ1) is 4.72. The second kappa shape index (κ2) is 3.20. The first-order valence-corrected chi connectivity index (χ1v) is 3.99. The predicted molar refractivity (Wildman–Crippen MR) is 42.0 cm³/mol. The summed E-state index contributed by atoms with van der Waals surface area (Å²) < 4.78 is 0. The molecule has 0 saturated carbocycles. The number of carbonyl (C=O) groups is 1. The average molecular weight is 159 g/mol. The van der Waals surface area contributed by atoms with Gasteiger partial charge in [0, 0.05) is 5.57 Å². The molecular formula is C8H11ClO. The molecule has 0 fully saturated rings. The van der Waals surface area contributed by atoms with E-state index in [9.17, 15) is 4.79 Å². The van der Waals surface area contributed by atoms with Crippen LogP contribution in [0.2, 0.25) is 0 Å². The fourth-order valence-corrected chi connectivity index (χ4v) is 1.58. The predicted octanol–water partition coefficient (Wildman–Crippen LogP) is 2.50. The number of carbonyl (C=O) groups excluding carboxylic acids is 1. The van der Waals surface area contributed by atoms with Gasteiger partial charge in [-0.1, -0.05) is 13.0 Å². The minimum Gasteiger partial charge on any atom is -0.276 e. The van der Waals surface area contributed by atoms with E-state index in [1.54, 1.807) is 0 Å². The molecule has 0 aromatic heterocycles. The van der Waals surface area contributed by atoms with Crippen molar-refractivity contribution in [2.45, 2.75) is 26.2 Å². The summed E-state index contributed by atoms with van der Waals surface area (Å²) >= 11 is 5.34. The van der Waals surface area contributed by atoms with Crippen molar-refractivity contribution in [1.29, 1.82) is 0 Å². The zero-order chi connectivity index (χ0) is 7.56. The Labute approximate surface area is 66.1 Å². The summed E-state index contributed by atoms with van der Waals surface area (Å²) in [5.74, 6) is 0.374. The molecule has 1 atom stereocenters. The molecule has 0 bridgehead atoms. The van der Waals surface area contributed by atoms with Crippen molar-refractivity contribution in [3.8, 4) is 0 Å². The molecule has 1 rings (SSSR count). The van der Waals surface area contributed by atoms with Crippen molar-refractivity contribution in [1.82, 2.24) is 0 Å². The van der Waals surface area contributed by atoms with E-state index < -0.39 is 0 Å². The van der Waals surface area contributed by atoms with E-state index in [0.717, 1.165) is 18.4 Å². The molecule has 0 saturated heterocycles. The van der Waals surface area contributed by atoms with Crippen LogP contribution in [0.5, 0.6) is 0 Å². The molecule has 1 aliphatic rings. The smallest absolute Gasteiger partial charge is 0.248 e. The van der Waals surface area contributed by atoms with Crippen LogP contribution in [0.15, 0.2) is 11.6 Å². The van der Waals surface area contributed by atoms with E-state index >= 15 is 0 Å². The van der Waals surface area contributed by atoms with Crippen LogP contribution in [0, 0.1) is 5.92 Å². The van der Waals surface area contributed by atoms with Gasteiger partial charge in [0.05, 0.1) is 0 Å². The Hall–Kier alpha value is -0.300. The maximum absolute atomic E-state index is 10.7. The van der Waals surface area contributed by atoms with E-state index in [-0.39, 0.29) is 5.24 Å². The van der Waals surface area contributed by atoms with Crippen LogP contribution in [0.4, 0.5) is 0 Å². The lowest BCUT2D eigenvalue weighted by atomic mass is 9.90. The molecule has 0 N–H and O–H groups in total. The standard InChI is InChI=1S/C8H11ClO/c1-6-4-2-3-5-7(6)8(9)10/h5-6H,2-4H2,1H3. The maximum Gasteiger partial charge on any atom is 0.248 e. The highest BCUT2D eigenvalue weighted by Gasteiger charge is 2.17. The Morgan fingerprint density at radius 3 is 2.90 bits per heavy atom. The Balaban J connectivity index is 2.71. The van der Waals surface area contributed by atoms with E-state index in [4.69, 9.17) is 11.6 Å². The van der Waals surface area contributed by atoms with E-state index in [1.807, 2.05) is 13.0 Å². The second-order valence-electron chi connectivity index (χ2n) is 2.77. The molecule has 0 spiro atoms. The lowest BCUT2D eigenvalue weighted by molar-refractivity contribution is -0.109. The third-order valence-electron chi connectivity index (χ3n) is 1.96. The van der Waals surface area contributed by atoms with Gasteiger partial charge in [0.1, 0.15) is 0 Å². The normalized spacial score (nSPS) is 25.8. The molecule has 0 heterocycles. The molecule has 2 heteroatoms. The van der Waals surface area contributed by atoms with Gasteiger partial charge >= 0.3 is 0 Å². The van der Waals surface area contributed by atoms with Crippen LogP contribution >= 0.6 is 11.6 Å². The summed E-state index contributed by atoms with van der Waals surface area (Å²) in [6, 6.07) is 0. The zero-order valence-corrected chi connectivity index (χ0v) is 6.82. The van der Waals surface area contributed by atoms with Crippen molar-refractivity contribution in [3.05, 3.63) is 11.6 Å². The summed E-state index contributed by atoms with van der Waals surface area (Å²) in [6.45, 7) is 2.05. The topological polar surface area (TPSA) is 17.1 Å². The molecule has 0 radical (unpaired) electrons. The zero-order valence-electron chi connectivity index (χ0n) is 6.06. The van der Waals surface area contributed by atoms with Gasteiger partial charge in [-0.05, 0) is 36.8 Å². The Kier molecular flexibility index (Phi) is 2.50. The molecule has 0 aromatic carbocycles. The van der Waals surface area contributed by atoms with Crippen molar-refractivity contribution >= 4 is 16.8 Å². The molecule has 0 aromatic rings. The number of allylic oxidation sites excluding steroid dienone is 2. The third-order valence-corrected chi connectivity index (χ3v) is 2.18. The van der Waals surface area contributed by atoms with Crippen LogP contribution in [0.3, 0.4) is 0 Å². The molecule has 0 amide bonds. The minimum atomic E-state index is -0.271. The van der Waals surface area contributed by atoms with Crippen molar-refractivity contribution < 1.29 is 4.79 Å². The maximum atomic E-state index is 10.7. The monoisotopic (exact) mass is 158 g/mol. The van der Waals surface area contributed by atoms with Crippen molar-refractivity contribution in [2.75, 3.05) is 0 Å². The van der Waals surface area contributed by atoms with Crippen LogP contribution in [0.1, 0.15) is 26.2 Å². The van der Waals surface area contributed by atoms with Crippen LogP contribution in [0.25, 0.3) is 0 Å². The first kappa shape index (κ1) is 7.80. The lowest BCUT2D eigenvalue weighted by Gasteiger charge is -2.16. The summed E-state index contributed by atoms with van der Waals surface area (Å²) in [7, 11) is 0. The number of hydrogen-bond donors (Lipinski definition) is 0. The molecule has 56 valence electrons. The van der Waals surface area contributed by atoms with E-state index in [1.165, 1.54) is 6.42 Å². The van der Waals surface area contributed by atoms with Gasteiger partial charge in [0.15, 0.2) is 0 Å². The highest BCUT2D eigenvalue weighted by atomic mass is 35.5. The third kappa shape index (κ3) is 1.60. The van der Waals surface area contributed by atoms with Crippen molar-refractivity contribution in [3.63, 3.8) is 0 Å². The molecule has 10 heavy (non-hydrogen) atoms. The largest absolute Gasteiger partial charge is 0.276 e. The highest BCUT2D eigenvalue weighted by molar-refractivity contribution is 6.67. The van der Waals surface area contributed by atoms with E-state index in [0.29, 0.717) is 5.92 Å². The van der Waals surface area contributed by atoms with Gasteiger partial charge in [-0.3, -0.25) is 4.79 Å². The van der Waals surface area contributed by atoms with Gasteiger partial charge in [-0.15, -0.1) is 0 Å². The van der Waals surface area contributed by atoms with Crippen LogP contribution in [-0.2, 0) is 4.79 Å². The second-order valence-corrected chi connectivity index (χ2v) is 3.11. The number of hydrogen-bond acceptors (Lipinski definition) is 1. The van der Waals surface area contributed by atoms with Gasteiger partial charge in [-0.2, -0.15) is 0 Å². The molecule has 1 unspecified atom stereocenters. The number of rotatable bonds is 1. The fourth-order valence-electron chi connectivity index (χ4n) is 1.31. The van der Waals surface area contributed by atoms with Gasteiger partial charge < -0.3 is 0 Å². The number of halogens is 1. The molecule has 0 aliphatic heterocycles. The lowest BCUT2D eigenvalue weighted by Crippen LogP contribution is -2.09. The van der Waals surface area contributed by atoms with Gasteiger partial charge in [0.2, 0.25) is 5.24 Å². The molecule has 1 nitrogen and oxygen atoms in total. The SMILES string of the molecule is CC1CCCC=C1C(=O)Cl. The molecule has 1 aliphatic carbocycles. The van der Waals surface area contributed by atoms with Gasteiger partial charge in [-0.25, -0.2) is 0 Å². The van der Waals surface area contributed by atoms with Crippen LogP contribution < -0.4 is 0 Å². The van der Waals surface area contributed by atoms with E-state index in [2.05, 4.69) is 0 Å². The quantitative estimate of drug-likeness (QED) is 0.536. The summed E-state index contributed by atoms with van der Waals surface area (Å²) in [4.78, 5) is 10.7. The Morgan fingerprint density at radius 2 is 2.50 bits per heavy atom. The van der Waals surface area contributed by atoms with Gasteiger partial charge in [0.25, 0.3) is 0 Å². The summed E-state index contributed by atoms with van der Waals surface area (Å²) in [6.07, 6.45) is 5.26. The summed E-state index contributed by atoms with van der Waals surface area (Å²) in [5, 5.41) is -0.271. The molecular weight excluding hydrogens is 148 g/mol. The van der Waals surface area contributed by atoms with Crippen molar-refractivity contribution in [2.24, 2.45) is 5.92 Å². The first-order valence-electron chi connectivity index (χ1n) is 3.61. The average Bonchev–Trinajstić information content (AvgIpc) is 1.88. The Bertz CT molecular complexity index is 172. The van der Waals surface area contributed by atoms with Crippen LogP contribution in [-0.4, -0.2) is 5.24 Å².